The number of carboxylic acid groups (broad SMARTS) is 1. The molecule has 1 N–H and O–H groups in total. The molecule has 1 aliphatic heterocycles. The van der Waals surface area contributed by atoms with Crippen LogP contribution in [0.4, 0.5) is 0 Å². The third-order valence-electron chi connectivity index (χ3n) is 4.98. The molecule has 0 spiro atoms. The average molecular weight is 496 g/mol. The Morgan fingerprint density at radius 1 is 1.06 bits per heavy atom. The van der Waals surface area contributed by atoms with Gasteiger partial charge in [-0.05, 0) is 23.8 Å². The molecule has 1 unspecified atom stereocenters. The molecule has 3 aromatic rings. The maximum Gasteiger partial charge on any atom is 0.331 e. The summed E-state index contributed by atoms with van der Waals surface area (Å²) in [5.41, 5.74) is 2.00. The SMILES string of the molecule is O=C(O)C(c1ccccc1)N1C(=O)/C(=C/c2ccccc2OCc2ccccc2Cl)SC1=S. The highest BCUT2D eigenvalue weighted by Gasteiger charge is 2.41. The molecule has 0 radical (unpaired) electrons. The predicted molar refractivity (Wildman–Crippen MR) is 134 cm³/mol. The first-order valence-electron chi connectivity index (χ1n) is 9.96. The molecule has 1 atom stereocenters. The van der Waals surface area contributed by atoms with Crippen LogP contribution in [0, 0.1) is 0 Å². The topological polar surface area (TPSA) is 66.8 Å². The standard InChI is InChI=1S/C25H18ClNO4S2/c26-19-12-6-4-11-18(19)15-31-20-13-7-5-10-17(20)14-21-23(28)27(25(32)33-21)22(24(29)30)16-8-2-1-3-9-16/h1-14,22H,15H2,(H,29,30)/b21-14-. The number of ether oxygens (including phenoxy) is 1. The Morgan fingerprint density at radius 3 is 2.45 bits per heavy atom. The smallest absolute Gasteiger partial charge is 0.331 e. The fourth-order valence-corrected chi connectivity index (χ4v) is 4.88. The highest BCUT2D eigenvalue weighted by molar-refractivity contribution is 8.26. The Kier molecular flexibility index (Phi) is 7.13. The first kappa shape index (κ1) is 23.0. The van der Waals surface area contributed by atoms with E-state index in [1.165, 1.54) is 0 Å². The van der Waals surface area contributed by atoms with Gasteiger partial charge in [0.25, 0.3) is 5.91 Å². The van der Waals surface area contributed by atoms with Gasteiger partial charge in [0.1, 0.15) is 16.7 Å². The fourth-order valence-electron chi connectivity index (χ4n) is 3.38. The second kappa shape index (κ2) is 10.2. The van der Waals surface area contributed by atoms with Gasteiger partial charge < -0.3 is 9.84 Å². The zero-order valence-corrected chi connectivity index (χ0v) is 19.6. The summed E-state index contributed by atoms with van der Waals surface area (Å²) >= 11 is 12.7. The number of benzene rings is 3. The van der Waals surface area contributed by atoms with Crippen molar-refractivity contribution in [2.24, 2.45) is 0 Å². The predicted octanol–water partition coefficient (Wildman–Crippen LogP) is 5.95. The van der Waals surface area contributed by atoms with Gasteiger partial charge in [-0.3, -0.25) is 9.69 Å². The van der Waals surface area contributed by atoms with Crippen LogP contribution in [-0.2, 0) is 16.2 Å². The second-order valence-corrected chi connectivity index (χ2v) is 9.20. The van der Waals surface area contributed by atoms with E-state index in [0.717, 1.165) is 22.2 Å². The maximum atomic E-state index is 13.2. The zero-order chi connectivity index (χ0) is 23.4. The van der Waals surface area contributed by atoms with Gasteiger partial charge in [0.15, 0.2) is 6.04 Å². The lowest BCUT2D eigenvalue weighted by atomic mass is 10.1. The summed E-state index contributed by atoms with van der Waals surface area (Å²) in [7, 11) is 0. The molecule has 8 heteroatoms. The molecule has 5 nitrogen and oxygen atoms in total. The molecule has 1 heterocycles. The van der Waals surface area contributed by atoms with E-state index >= 15 is 0 Å². The highest BCUT2D eigenvalue weighted by Crippen LogP contribution is 2.39. The minimum Gasteiger partial charge on any atom is -0.488 e. The molecular weight excluding hydrogens is 478 g/mol. The third kappa shape index (κ3) is 5.11. The number of para-hydroxylation sites is 1. The summed E-state index contributed by atoms with van der Waals surface area (Å²) < 4.78 is 6.16. The molecule has 1 saturated heterocycles. The lowest BCUT2D eigenvalue weighted by Crippen LogP contribution is -2.37. The lowest BCUT2D eigenvalue weighted by Gasteiger charge is -2.23. The number of nitrogens with zero attached hydrogens (tertiary/aromatic N) is 1. The lowest BCUT2D eigenvalue weighted by molar-refractivity contribution is -0.145. The van der Waals surface area contributed by atoms with E-state index in [1.807, 2.05) is 36.4 Å². The molecule has 0 bridgehead atoms. The molecule has 4 rings (SSSR count). The van der Waals surface area contributed by atoms with Gasteiger partial charge in [0.2, 0.25) is 0 Å². The molecule has 1 fully saturated rings. The number of thiocarbonyl (C=S) groups is 1. The minimum absolute atomic E-state index is 0.192. The van der Waals surface area contributed by atoms with Crippen molar-refractivity contribution in [1.82, 2.24) is 4.90 Å². The number of amides is 1. The summed E-state index contributed by atoms with van der Waals surface area (Å²) in [4.78, 5) is 26.7. The third-order valence-corrected chi connectivity index (χ3v) is 6.68. The van der Waals surface area contributed by atoms with Gasteiger partial charge >= 0.3 is 5.97 Å². The van der Waals surface area contributed by atoms with Crippen molar-refractivity contribution in [3.63, 3.8) is 0 Å². The van der Waals surface area contributed by atoms with E-state index in [2.05, 4.69) is 0 Å². The Balaban J connectivity index is 1.60. The van der Waals surface area contributed by atoms with Crippen LogP contribution in [0.5, 0.6) is 5.75 Å². The van der Waals surface area contributed by atoms with Crippen LogP contribution in [0.25, 0.3) is 6.08 Å². The summed E-state index contributed by atoms with van der Waals surface area (Å²) in [5.74, 6) is -1.04. The van der Waals surface area contributed by atoms with Gasteiger partial charge in [0.05, 0.1) is 4.91 Å². The van der Waals surface area contributed by atoms with Gasteiger partial charge in [-0.2, -0.15) is 0 Å². The number of aliphatic carboxylic acids is 1. The van der Waals surface area contributed by atoms with Crippen LogP contribution in [-0.4, -0.2) is 26.2 Å². The maximum absolute atomic E-state index is 13.2. The molecule has 0 aromatic heterocycles. The van der Waals surface area contributed by atoms with E-state index in [0.29, 0.717) is 26.8 Å². The Bertz CT molecular complexity index is 1250. The molecule has 33 heavy (non-hydrogen) atoms. The number of hydrogen-bond acceptors (Lipinski definition) is 5. The summed E-state index contributed by atoms with van der Waals surface area (Å²) in [5, 5.41) is 10.4. The summed E-state index contributed by atoms with van der Waals surface area (Å²) in [6.07, 6.45) is 1.67. The number of carbonyl (C=O) groups excluding carboxylic acids is 1. The zero-order valence-electron chi connectivity index (χ0n) is 17.2. The van der Waals surface area contributed by atoms with Crippen LogP contribution < -0.4 is 4.74 Å². The summed E-state index contributed by atoms with van der Waals surface area (Å²) in [6.45, 7) is 0.264. The van der Waals surface area contributed by atoms with Crippen LogP contribution in [0.15, 0.2) is 83.8 Å². The fraction of sp³-hybridized carbons (Fsp3) is 0.0800. The van der Waals surface area contributed by atoms with E-state index < -0.39 is 17.9 Å². The first-order valence-corrected chi connectivity index (χ1v) is 11.6. The van der Waals surface area contributed by atoms with E-state index in [-0.39, 0.29) is 10.9 Å². The van der Waals surface area contributed by atoms with Crippen molar-refractivity contribution in [2.75, 3.05) is 0 Å². The van der Waals surface area contributed by atoms with Crippen molar-refractivity contribution < 1.29 is 19.4 Å². The number of thioether (sulfide) groups is 1. The Morgan fingerprint density at radius 2 is 1.73 bits per heavy atom. The monoisotopic (exact) mass is 495 g/mol. The van der Waals surface area contributed by atoms with Crippen molar-refractivity contribution in [3.8, 4) is 5.75 Å². The molecule has 1 aliphatic rings. The molecule has 3 aromatic carbocycles. The van der Waals surface area contributed by atoms with E-state index in [9.17, 15) is 14.7 Å². The number of carboxylic acids is 1. The van der Waals surface area contributed by atoms with Crippen LogP contribution in [0.3, 0.4) is 0 Å². The van der Waals surface area contributed by atoms with Crippen LogP contribution in [0.2, 0.25) is 5.02 Å². The van der Waals surface area contributed by atoms with Crippen LogP contribution in [0.1, 0.15) is 22.7 Å². The molecule has 1 amide bonds. The quantitative estimate of drug-likeness (QED) is 0.323. The van der Waals surface area contributed by atoms with Gasteiger partial charge in [-0.25, -0.2) is 4.79 Å². The second-order valence-electron chi connectivity index (χ2n) is 7.12. The van der Waals surface area contributed by atoms with Gasteiger partial charge in [0, 0.05) is 16.1 Å². The van der Waals surface area contributed by atoms with Gasteiger partial charge in [-0.1, -0.05) is 102 Å². The van der Waals surface area contributed by atoms with E-state index in [4.69, 9.17) is 28.6 Å². The number of carbonyl (C=O) groups is 2. The van der Waals surface area contributed by atoms with Crippen LogP contribution >= 0.6 is 35.6 Å². The minimum atomic E-state index is -1.20. The van der Waals surface area contributed by atoms with Crippen molar-refractivity contribution in [1.29, 1.82) is 0 Å². The number of halogens is 1. The van der Waals surface area contributed by atoms with Crippen molar-refractivity contribution >= 4 is 57.9 Å². The molecule has 0 saturated carbocycles. The normalized spacial score (nSPS) is 15.7. The number of hydrogen-bond donors (Lipinski definition) is 1. The largest absolute Gasteiger partial charge is 0.488 e. The summed E-state index contributed by atoms with van der Waals surface area (Å²) in [6, 6.07) is 22.1. The molecular formula is C25H18ClNO4S2. The molecule has 0 aliphatic carbocycles. The van der Waals surface area contributed by atoms with Gasteiger partial charge in [-0.15, -0.1) is 0 Å². The Hall–Kier alpha value is -3.13. The molecule has 166 valence electrons. The average Bonchev–Trinajstić information content (AvgIpc) is 3.08. The van der Waals surface area contributed by atoms with Crippen molar-refractivity contribution in [2.45, 2.75) is 12.6 Å². The Labute approximate surface area is 205 Å². The van der Waals surface area contributed by atoms with Crippen molar-refractivity contribution in [3.05, 3.63) is 105 Å². The highest BCUT2D eigenvalue weighted by atomic mass is 35.5. The first-order chi connectivity index (χ1) is 16.0. The van der Waals surface area contributed by atoms with E-state index in [1.54, 1.807) is 48.5 Å². The number of rotatable bonds is 7.